The highest BCUT2D eigenvalue weighted by Crippen LogP contribution is 2.34. The van der Waals surface area contributed by atoms with Gasteiger partial charge in [-0.15, -0.1) is 11.3 Å². The summed E-state index contributed by atoms with van der Waals surface area (Å²) in [4.78, 5) is 16.8. The largest absolute Gasteiger partial charge is 0.321 e. The number of fused-ring (bicyclic) bond motifs is 1. The highest BCUT2D eigenvalue weighted by molar-refractivity contribution is 7.13. The van der Waals surface area contributed by atoms with Gasteiger partial charge in [0.2, 0.25) is 0 Å². The third-order valence-corrected chi connectivity index (χ3v) is 5.03. The Labute approximate surface area is 170 Å². The molecule has 0 radical (unpaired) electrons. The van der Waals surface area contributed by atoms with E-state index in [0.717, 1.165) is 32.5 Å². The Hall–Kier alpha value is -3.09. The Morgan fingerprint density at radius 3 is 2.57 bits per heavy atom. The number of pyridine rings is 1. The molecule has 0 amide bonds. The summed E-state index contributed by atoms with van der Waals surface area (Å²) in [7, 11) is 0. The number of aromatic nitrogens is 1. The fraction of sp³-hybridized carbons (Fsp3) is 0.160. The summed E-state index contributed by atoms with van der Waals surface area (Å²) in [5.74, 6) is 6.40. The number of benzene rings is 1. The van der Waals surface area contributed by atoms with Crippen LogP contribution in [-0.4, -0.2) is 4.98 Å². The summed E-state index contributed by atoms with van der Waals surface area (Å²) in [6.45, 7) is 14.4. The minimum absolute atomic E-state index is 0.109. The summed E-state index contributed by atoms with van der Waals surface area (Å²) in [6.07, 6.45) is 3.63. The van der Waals surface area contributed by atoms with Crippen LogP contribution >= 0.6 is 11.3 Å². The van der Waals surface area contributed by atoms with Crippen molar-refractivity contribution >= 4 is 27.8 Å². The quantitative estimate of drug-likeness (QED) is 0.407. The maximum atomic E-state index is 12.9. The standard InChI is InChI=1S/C25H23NOS/c1-6-18(13-14-25(3,4)5)16-17(2)22-19-10-7-8-11-20(19)26-24(27)23(22)21-12-9-15-28-21/h6-12,15-16H,1-2H2,3-5H3,(H,26,27)/b18-16+. The van der Waals surface area contributed by atoms with Crippen molar-refractivity contribution in [2.45, 2.75) is 20.8 Å². The van der Waals surface area contributed by atoms with E-state index in [2.05, 4.69) is 50.8 Å². The number of nitrogens with one attached hydrogen (secondary N) is 1. The molecule has 2 nitrogen and oxygen atoms in total. The molecule has 0 saturated heterocycles. The minimum Gasteiger partial charge on any atom is -0.321 e. The van der Waals surface area contributed by atoms with Crippen LogP contribution in [0.5, 0.6) is 0 Å². The molecule has 0 bridgehead atoms. The average Bonchev–Trinajstić information content (AvgIpc) is 3.17. The first-order chi connectivity index (χ1) is 13.3. The second-order valence-electron chi connectivity index (χ2n) is 7.56. The fourth-order valence-electron chi connectivity index (χ4n) is 2.90. The third kappa shape index (κ3) is 4.24. The number of thiophene rings is 1. The van der Waals surface area contributed by atoms with Gasteiger partial charge in [0.1, 0.15) is 0 Å². The zero-order valence-corrected chi connectivity index (χ0v) is 17.2. The van der Waals surface area contributed by atoms with Crippen LogP contribution in [0.4, 0.5) is 0 Å². The van der Waals surface area contributed by atoms with Gasteiger partial charge in [-0.2, -0.15) is 0 Å². The molecule has 0 spiro atoms. The minimum atomic E-state index is -0.119. The van der Waals surface area contributed by atoms with Crippen LogP contribution in [0.3, 0.4) is 0 Å². The van der Waals surface area contributed by atoms with Crippen molar-refractivity contribution in [3.8, 4) is 22.3 Å². The molecule has 1 aromatic carbocycles. The lowest BCUT2D eigenvalue weighted by Gasteiger charge is -2.12. The first-order valence-corrected chi connectivity index (χ1v) is 9.93. The lowest BCUT2D eigenvalue weighted by Crippen LogP contribution is -2.11. The van der Waals surface area contributed by atoms with E-state index in [1.807, 2.05) is 47.9 Å². The fourth-order valence-corrected chi connectivity index (χ4v) is 3.67. The average molecular weight is 386 g/mol. The molecule has 3 rings (SSSR count). The predicted molar refractivity (Wildman–Crippen MR) is 122 cm³/mol. The summed E-state index contributed by atoms with van der Waals surface area (Å²) >= 11 is 1.54. The van der Waals surface area contributed by atoms with Crippen molar-refractivity contribution in [3.05, 3.63) is 88.6 Å². The zero-order chi connectivity index (χ0) is 20.3. The Morgan fingerprint density at radius 2 is 1.93 bits per heavy atom. The van der Waals surface area contributed by atoms with Gasteiger partial charge in [-0.1, -0.05) is 55.3 Å². The maximum Gasteiger partial charge on any atom is 0.257 e. The first-order valence-electron chi connectivity index (χ1n) is 9.05. The van der Waals surface area contributed by atoms with Crippen molar-refractivity contribution in [1.82, 2.24) is 4.98 Å². The van der Waals surface area contributed by atoms with Crippen molar-refractivity contribution in [2.24, 2.45) is 5.41 Å². The van der Waals surface area contributed by atoms with Crippen molar-refractivity contribution in [2.75, 3.05) is 0 Å². The van der Waals surface area contributed by atoms with E-state index in [-0.39, 0.29) is 11.0 Å². The summed E-state index contributed by atoms with van der Waals surface area (Å²) < 4.78 is 0. The molecular formula is C25H23NOS. The molecule has 1 N–H and O–H groups in total. The zero-order valence-electron chi connectivity index (χ0n) is 16.4. The number of hydrogen-bond acceptors (Lipinski definition) is 2. The van der Waals surface area contributed by atoms with Crippen LogP contribution in [0, 0.1) is 17.3 Å². The predicted octanol–water partition coefficient (Wildman–Crippen LogP) is 6.43. The van der Waals surface area contributed by atoms with Gasteiger partial charge in [-0.05, 0) is 49.9 Å². The van der Waals surface area contributed by atoms with Gasteiger partial charge in [0.05, 0.1) is 5.56 Å². The maximum absolute atomic E-state index is 12.9. The molecule has 0 aliphatic heterocycles. The molecule has 0 unspecified atom stereocenters. The molecule has 0 saturated carbocycles. The summed E-state index contributed by atoms with van der Waals surface area (Å²) in [5, 5.41) is 2.93. The number of hydrogen-bond donors (Lipinski definition) is 1. The van der Waals surface area contributed by atoms with Crippen molar-refractivity contribution in [3.63, 3.8) is 0 Å². The molecule has 3 heteroatoms. The molecular weight excluding hydrogens is 362 g/mol. The van der Waals surface area contributed by atoms with Crippen LogP contribution in [0.25, 0.3) is 26.9 Å². The van der Waals surface area contributed by atoms with Crippen LogP contribution in [0.2, 0.25) is 0 Å². The number of allylic oxidation sites excluding steroid dienone is 4. The van der Waals surface area contributed by atoms with Gasteiger partial charge in [0, 0.05) is 32.3 Å². The number of H-pyrrole nitrogens is 1. The lowest BCUT2D eigenvalue weighted by molar-refractivity contribution is 0.571. The van der Waals surface area contributed by atoms with Gasteiger partial charge in [0.25, 0.3) is 5.56 Å². The SMILES string of the molecule is C=C/C(C#CC(C)(C)C)=C\C(=C)c1c(-c2cccs2)c(=O)[nH]c2ccccc12. The molecule has 2 heterocycles. The molecule has 2 aromatic heterocycles. The Bertz CT molecular complexity index is 1190. The van der Waals surface area contributed by atoms with Crippen molar-refractivity contribution in [1.29, 1.82) is 0 Å². The van der Waals surface area contributed by atoms with Gasteiger partial charge >= 0.3 is 0 Å². The van der Waals surface area contributed by atoms with Crippen LogP contribution in [-0.2, 0) is 0 Å². The van der Waals surface area contributed by atoms with Gasteiger partial charge in [-0.3, -0.25) is 4.79 Å². The molecule has 140 valence electrons. The van der Waals surface area contributed by atoms with E-state index in [0.29, 0.717) is 5.56 Å². The molecule has 0 aliphatic carbocycles. The van der Waals surface area contributed by atoms with Gasteiger partial charge in [0.15, 0.2) is 0 Å². The molecule has 28 heavy (non-hydrogen) atoms. The second kappa shape index (κ2) is 7.88. The lowest BCUT2D eigenvalue weighted by atomic mass is 9.94. The van der Waals surface area contributed by atoms with Gasteiger partial charge < -0.3 is 4.98 Å². The topological polar surface area (TPSA) is 32.9 Å². The van der Waals surface area contributed by atoms with E-state index in [1.54, 1.807) is 6.08 Å². The normalized spacial score (nSPS) is 11.8. The van der Waals surface area contributed by atoms with Crippen LogP contribution < -0.4 is 5.56 Å². The van der Waals surface area contributed by atoms with Crippen molar-refractivity contribution < 1.29 is 0 Å². The van der Waals surface area contributed by atoms with E-state index < -0.39 is 0 Å². The molecule has 0 atom stereocenters. The van der Waals surface area contributed by atoms with E-state index in [1.165, 1.54) is 11.3 Å². The summed E-state index contributed by atoms with van der Waals surface area (Å²) in [6, 6.07) is 11.7. The smallest absolute Gasteiger partial charge is 0.257 e. The molecule has 0 fully saturated rings. The highest BCUT2D eigenvalue weighted by atomic mass is 32.1. The first kappa shape index (κ1) is 19.7. The third-order valence-electron chi connectivity index (χ3n) is 4.14. The second-order valence-corrected chi connectivity index (χ2v) is 8.50. The monoisotopic (exact) mass is 385 g/mol. The van der Waals surface area contributed by atoms with Crippen LogP contribution in [0.1, 0.15) is 26.3 Å². The number of aromatic amines is 1. The van der Waals surface area contributed by atoms with E-state index in [9.17, 15) is 4.79 Å². The Morgan fingerprint density at radius 1 is 1.18 bits per heavy atom. The summed E-state index contributed by atoms with van der Waals surface area (Å²) in [5.41, 5.74) is 3.55. The Kier molecular flexibility index (Phi) is 5.53. The molecule has 3 aromatic rings. The highest BCUT2D eigenvalue weighted by Gasteiger charge is 2.17. The van der Waals surface area contributed by atoms with Gasteiger partial charge in [-0.25, -0.2) is 0 Å². The van der Waals surface area contributed by atoms with E-state index in [4.69, 9.17) is 0 Å². The Balaban J connectivity index is 2.26. The van der Waals surface area contributed by atoms with Crippen LogP contribution in [0.15, 0.2) is 77.5 Å². The number of para-hydroxylation sites is 1. The number of rotatable bonds is 4. The molecule has 0 aliphatic rings. The van der Waals surface area contributed by atoms with E-state index >= 15 is 0 Å².